The summed E-state index contributed by atoms with van der Waals surface area (Å²) in [5.41, 5.74) is 4.10. The Morgan fingerprint density at radius 1 is 1.47 bits per heavy atom. The van der Waals surface area contributed by atoms with Crippen LogP contribution >= 0.6 is 0 Å². The molecule has 0 unspecified atom stereocenters. The summed E-state index contributed by atoms with van der Waals surface area (Å²) in [7, 11) is 1.52. The fraction of sp³-hybridized carbons (Fsp3) is 0.400. The van der Waals surface area contributed by atoms with Gasteiger partial charge in [-0.1, -0.05) is 0 Å². The third kappa shape index (κ3) is 2.03. The Morgan fingerprint density at radius 3 is 3.07 bits per heavy atom. The third-order valence-corrected chi connectivity index (χ3v) is 2.17. The summed E-state index contributed by atoms with van der Waals surface area (Å²) in [6.07, 6.45) is 0. The standard InChI is InChI=1S/C10H12FNO3/c1-13-12-5-8-2-7(4-11)3-9-10(8)15-6-14-9/h2-3,12H,4-6H2,1H3. The third-order valence-electron chi connectivity index (χ3n) is 2.17. The number of ether oxygens (including phenoxy) is 2. The van der Waals surface area contributed by atoms with Gasteiger partial charge in [-0.05, 0) is 17.7 Å². The second-order valence-corrected chi connectivity index (χ2v) is 3.15. The number of rotatable bonds is 4. The molecule has 1 aliphatic heterocycles. The van der Waals surface area contributed by atoms with Crippen LogP contribution in [0.5, 0.6) is 11.5 Å². The molecule has 0 saturated carbocycles. The molecule has 2 rings (SSSR count). The van der Waals surface area contributed by atoms with Crippen molar-refractivity contribution in [3.05, 3.63) is 23.3 Å². The second kappa shape index (κ2) is 4.46. The van der Waals surface area contributed by atoms with Crippen molar-refractivity contribution < 1.29 is 18.7 Å². The summed E-state index contributed by atoms with van der Waals surface area (Å²) >= 11 is 0. The lowest BCUT2D eigenvalue weighted by atomic mass is 10.1. The van der Waals surface area contributed by atoms with Gasteiger partial charge >= 0.3 is 0 Å². The number of fused-ring (bicyclic) bond motifs is 1. The lowest BCUT2D eigenvalue weighted by Gasteiger charge is -2.07. The van der Waals surface area contributed by atoms with E-state index in [2.05, 4.69) is 5.48 Å². The monoisotopic (exact) mass is 213 g/mol. The van der Waals surface area contributed by atoms with Crippen molar-refractivity contribution in [1.82, 2.24) is 5.48 Å². The summed E-state index contributed by atoms with van der Waals surface area (Å²) in [5, 5.41) is 0. The number of hydroxylamine groups is 1. The molecule has 1 aromatic carbocycles. The van der Waals surface area contributed by atoms with Gasteiger partial charge in [0.05, 0.1) is 7.11 Å². The van der Waals surface area contributed by atoms with Gasteiger partial charge in [0, 0.05) is 12.1 Å². The van der Waals surface area contributed by atoms with Crippen molar-refractivity contribution in [2.75, 3.05) is 13.9 Å². The van der Waals surface area contributed by atoms with E-state index in [1.165, 1.54) is 7.11 Å². The van der Waals surface area contributed by atoms with E-state index in [1.807, 2.05) is 0 Å². The van der Waals surface area contributed by atoms with Gasteiger partial charge in [-0.2, -0.15) is 5.48 Å². The van der Waals surface area contributed by atoms with Gasteiger partial charge in [0.15, 0.2) is 11.5 Å². The molecule has 0 aliphatic carbocycles. The predicted octanol–water partition coefficient (Wildman–Crippen LogP) is 1.54. The van der Waals surface area contributed by atoms with Crippen molar-refractivity contribution in [3.8, 4) is 11.5 Å². The molecule has 0 radical (unpaired) electrons. The molecule has 4 nitrogen and oxygen atoms in total. The smallest absolute Gasteiger partial charge is 0.231 e. The molecule has 5 heteroatoms. The van der Waals surface area contributed by atoms with Gasteiger partial charge < -0.3 is 14.3 Å². The molecule has 0 bridgehead atoms. The summed E-state index contributed by atoms with van der Waals surface area (Å²) in [6, 6.07) is 3.39. The molecule has 82 valence electrons. The zero-order valence-corrected chi connectivity index (χ0v) is 8.38. The molecule has 0 saturated heterocycles. The van der Waals surface area contributed by atoms with Crippen LogP contribution in [0.1, 0.15) is 11.1 Å². The van der Waals surface area contributed by atoms with Crippen molar-refractivity contribution >= 4 is 0 Å². The molecule has 1 aromatic rings. The molecule has 1 aliphatic rings. The molecule has 0 fully saturated rings. The topological polar surface area (TPSA) is 39.7 Å². The van der Waals surface area contributed by atoms with Gasteiger partial charge in [0.25, 0.3) is 0 Å². The molecule has 0 amide bonds. The quantitative estimate of drug-likeness (QED) is 0.770. The first kappa shape index (κ1) is 10.2. The van der Waals surface area contributed by atoms with Crippen LogP contribution in [0.2, 0.25) is 0 Å². The number of alkyl halides is 1. The molecule has 1 heterocycles. The van der Waals surface area contributed by atoms with Gasteiger partial charge in [-0.25, -0.2) is 4.39 Å². The van der Waals surface area contributed by atoms with Crippen molar-refractivity contribution in [1.29, 1.82) is 0 Å². The number of hydrogen-bond donors (Lipinski definition) is 1. The highest BCUT2D eigenvalue weighted by molar-refractivity contribution is 5.50. The van der Waals surface area contributed by atoms with Gasteiger partial charge in [0.1, 0.15) is 6.67 Å². The molecule has 0 aromatic heterocycles. The lowest BCUT2D eigenvalue weighted by Crippen LogP contribution is -2.11. The average molecular weight is 213 g/mol. The maximum absolute atomic E-state index is 12.5. The van der Waals surface area contributed by atoms with Crippen LogP contribution in [0, 0.1) is 0 Å². The van der Waals surface area contributed by atoms with E-state index in [1.54, 1.807) is 12.1 Å². The second-order valence-electron chi connectivity index (χ2n) is 3.15. The van der Waals surface area contributed by atoms with Crippen LogP contribution in [0.15, 0.2) is 12.1 Å². The Morgan fingerprint density at radius 2 is 2.33 bits per heavy atom. The number of halogens is 1. The largest absolute Gasteiger partial charge is 0.454 e. The van der Waals surface area contributed by atoms with E-state index >= 15 is 0 Å². The Kier molecular flexibility index (Phi) is 3.03. The number of hydrogen-bond acceptors (Lipinski definition) is 4. The average Bonchev–Trinajstić information content (AvgIpc) is 2.73. The maximum Gasteiger partial charge on any atom is 0.231 e. The molecular formula is C10H12FNO3. The van der Waals surface area contributed by atoms with E-state index < -0.39 is 6.67 Å². The zero-order valence-electron chi connectivity index (χ0n) is 8.38. The minimum atomic E-state index is -0.517. The Labute approximate surface area is 86.9 Å². The summed E-state index contributed by atoms with van der Waals surface area (Å²) in [6.45, 7) is 0.123. The SMILES string of the molecule is CONCc1cc(CF)cc2c1OCO2. The molecular weight excluding hydrogens is 201 g/mol. The fourth-order valence-corrected chi connectivity index (χ4v) is 1.50. The summed E-state index contributed by atoms with van der Waals surface area (Å²) in [5.74, 6) is 1.26. The van der Waals surface area contributed by atoms with E-state index in [-0.39, 0.29) is 6.79 Å². The van der Waals surface area contributed by atoms with Crippen LogP contribution in [0.3, 0.4) is 0 Å². The highest BCUT2D eigenvalue weighted by Gasteiger charge is 2.18. The highest BCUT2D eigenvalue weighted by atomic mass is 19.1. The minimum absolute atomic E-state index is 0.186. The number of benzene rings is 1. The molecule has 0 atom stereocenters. The normalized spacial score (nSPS) is 13.2. The molecule has 1 N–H and O–H groups in total. The van der Waals surface area contributed by atoms with Crippen LogP contribution in [-0.2, 0) is 18.1 Å². The molecule has 0 spiro atoms. The van der Waals surface area contributed by atoms with Crippen LogP contribution < -0.4 is 15.0 Å². The van der Waals surface area contributed by atoms with Gasteiger partial charge in [0.2, 0.25) is 6.79 Å². The first-order valence-electron chi connectivity index (χ1n) is 4.58. The Bertz CT molecular complexity index is 357. The summed E-state index contributed by atoms with van der Waals surface area (Å²) in [4.78, 5) is 4.74. The maximum atomic E-state index is 12.5. The van der Waals surface area contributed by atoms with Crippen molar-refractivity contribution in [2.45, 2.75) is 13.2 Å². The van der Waals surface area contributed by atoms with Crippen LogP contribution in [-0.4, -0.2) is 13.9 Å². The zero-order chi connectivity index (χ0) is 10.7. The predicted molar refractivity (Wildman–Crippen MR) is 51.2 cm³/mol. The first-order valence-corrected chi connectivity index (χ1v) is 4.58. The fourth-order valence-electron chi connectivity index (χ4n) is 1.50. The minimum Gasteiger partial charge on any atom is -0.454 e. The van der Waals surface area contributed by atoms with Crippen LogP contribution in [0.25, 0.3) is 0 Å². The Balaban J connectivity index is 2.30. The molecule has 15 heavy (non-hydrogen) atoms. The van der Waals surface area contributed by atoms with Gasteiger partial charge in [-0.15, -0.1) is 0 Å². The van der Waals surface area contributed by atoms with Crippen molar-refractivity contribution in [3.63, 3.8) is 0 Å². The number of nitrogens with one attached hydrogen (secondary N) is 1. The van der Waals surface area contributed by atoms with E-state index in [9.17, 15) is 4.39 Å². The lowest BCUT2D eigenvalue weighted by molar-refractivity contribution is 0.0858. The van der Waals surface area contributed by atoms with E-state index in [4.69, 9.17) is 14.3 Å². The highest BCUT2D eigenvalue weighted by Crippen LogP contribution is 2.37. The van der Waals surface area contributed by atoms with E-state index in [0.717, 1.165) is 5.56 Å². The Hall–Kier alpha value is -1.33. The van der Waals surface area contributed by atoms with E-state index in [0.29, 0.717) is 23.6 Å². The van der Waals surface area contributed by atoms with Gasteiger partial charge in [-0.3, -0.25) is 0 Å². The summed E-state index contributed by atoms with van der Waals surface area (Å²) < 4.78 is 23.0. The van der Waals surface area contributed by atoms with Crippen LogP contribution in [0.4, 0.5) is 4.39 Å². The van der Waals surface area contributed by atoms with Crippen molar-refractivity contribution in [2.24, 2.45) is 0 Å². The first-order chi connectivity index (χ1) is 7.35.